The van der Waals surface area contributed by atoms with Gasteiger partial charge in [0, 0.05) is 70.8 Å². The molecule has 0 saturated carbocycles. The van der Waals surface area contributed by atoms with E-state index in [-0.39, 0.29) is 69.2 Å². The van der Waals surface area contributed by atoms with Crippen LogP contribution in [0.1, 0.15) is 40.0 Å². The minimum atomic E-state index is -5.08. The van der Waals surface area contributed by atoms with Gasteiger partial charge in [-0.3, -0.25) is 38.2 Å². The fourth-order valence-corrected chi connectivity index (χ4v) is 7.01. The molecule has 0 unspecified atom stereocenters. The number of carbonyl (C=O) groups is 7. The molecule has 0 fully saturated rings. The summed E-state index contributed by atoms with van der Waals surface area (Å²) >= 11 is 0. The first-order valence-electron chi connectivity index (χ1n) is 25.4. The number of carboxylic acid groups (broad SMARTS) is 2. The summed E-state index contributed by atoms with van der Waals surface area (Å²) in [5, 5.41) is 24.3. The van der Waals surface area contributed by atoms with Crippen molar-refractivity contribution < 1.29 is 104 Å². The highest BCUT2D eigenvalue weighted by Crippen LogP contribution is 2.21. The zero-order valence-electron chi connectivity index (χ0n) is 45.3. The smallest absolute Gasteiger partial charge is 0.480 e. The van der Waals surface area contributed by atoms with Crippen molar-refractivity contribution in [3.63, 3.8) is 0 Å². The molecular weight excluding hydrogens is 1110 g/mol. The molecule has 0 saturated heterocycles. The fraction of sp³-hybridized carbons (Fsp3) is 0.519. The number of nitrogens with one attached hydrogen (secondary N) is 3. The van der Waals surface area contributed by atoms with E-state index in [1.807, 2.05) is 0 Å². The lowest BCUT2D eigenvalue weighted by Crippen LogP contribution is -2.43. The quantitative estimate of drug-likeness (QED) is 0.0303. The Morgan fingerprint density at radius 1 is 0.598 bits per heavy atom. The van der Waals surface area contributed by atoms with Gasteiger partial charge >= 0.3 is 23.8 Å². The maximum absolute atomic E-state index is 15.1. The Morgan fingerprint density at radius 3 is 1.46 bits per heavy atom. The topological polar surface area (TPSA) is 317 Å². The molecule has 1 aliphatic heterocycles. The van der Waals surface area contributed by atoms with E-state index in [9.17, 15) is 56.6 Å². The van der Waals surface area contributed by atoms with Crippen LogP contribution in [0.3, 0.4) is 0 Å². The molecule has 3 aromatic rings. The zero-order chi connectivity index (χ0) is 60.6. The van der Waals surface area contributed by atoms with E-state index in [2.05, 4.69) is 16.0 Å². The van der Waals surface area contributed by atoms with Crippen molar-refractivity contribution in [3.05, 3.63) is 103 Å². The summed E-state index contributed by atoms with van der Waals surface area (Å²) in [6.45, 7) is 6.98. The molecule has 2 aromatic carbocycles. The highest BCUT2D eigenvalue weighted by Gasteiger charge is 2.38. The maximum Gasteiger partial charge on any atom is 0.490 e. The summed E-state index contributed by atoms with van der Waals surface area (Å²) in [6, 6.07) is 6.39. The van der Waals surface area contributed by atoms with Crippen molar-refractivity contribution in [2.75, 3.05) is 119 Å². The summed E-state index contributed by atoms with van der Waals surface area (Å²) in [5.41, 5.74) is -0.338. The molecule has 5 amide bonds. The highest BCUT2D eigenvalue weighted by molar-refractivity contribution is 6.13. The molecule has 1 aromatic heterocycles. The molecule has 0 spiro atoms. The molecule has 0 aliphatic carbocycles. The maximum atomic E-state index is 15.1. The van der Waals surface area contributed by atoms with E-state index >= 15 is 8.78 Å². The van der Waals surface area contributed by atoms with Crippen LogP contribution in [0, 0.1) is 18.6 Å². The van der Waals surface area contributed by atoms with Gasteiger partial charge in [0.2, 0.25) is 11.8 Å². The lowest BCUT2D eigenvalue weighted by molar-refractivity contribution is -0.192. The standard InChI is InChI=1S/C50H66F2N6O17.C2HF3O2/c1-34-45(48(64)57(3)50(67)56(34)2)37-6-4-35(5-7-37)32-40(49(65)66)55-47(63)46-38(51)30-36(31-39(46)52)33-54-42(60)11-14-68-16-18-70-20-22-72-24-26-74-28-29-75-27-25-73-23-21-71-19-17-69-15-12-53-41(59)10-13-58-43(61)8-9-44(58)62;3-2(4,5)1(6)7/h4-9,30-31,40H,10-29,32-33H2,1-3H3,(H,53,59)(H,54,60)(H,55,63)(H,65,66);(H,6,7)/t40-;/m0./s1. The number of carbonyl (C=O) groups excluding carboxylic acids is 5. The van der Waals surface area contributed by atoms with Crippen LogP contribution in [-0.2, 0) is 93.7 Å². The number of aliphatic carboxylic acids is 2. The average molecular weight is 1180 g/mol. The van der Waals surface area contributed by atoms with Crippen LogP contribution >= 0.6 is 0 Å². The number of carboxylic acids is 2. The number of nitrogens with zero attached hydrogens (tertiary/aromatic N) is 3. The van der Waals surface area contributed by atoms with E-state index in [0.29, 0.717) is 109 Å². The SMILES string of the molecule is Cc1c(-c2ccc(C[C@H](NC(=O)c3c(F)cc(CNC(=O)CCOCCOCCOCCOCCOCCOCCOCCOCCNC(=O)CCN4C(=O)C=CC4=O)cc3F)C(=O)O)cc2)c(=O)n(C)c(=O)n1C.O=C(O)C(F)(F)F. The molecule has 1 aliphatic rings. The van der Waals surface area contributed by atoms with E-state index in [0.717, 1.165) is 21.6 Å². The molecule has 0 radical (unpaired) electrons. The fourth-order valence-electron chi connectivity index (χ4n) is 7.01. The van der Waals surface area contributed by atoms with E-state index in [1.165, 1.54) is 30.8 Å². The lowest BCUT2D eigenvalue weighted by Gasteiger charge is -2.16. The van der Waals surface area contributed by atoms with Crippen molar-refractivity contribution in [3.8, 4) is 11.1 Å². The lowest BCUT2D eigenvalue weighted by atomic mass is 10.00. The van der Waals surface area contributed by atoms with Crippen LogP contribution in [0.2, 0.25) is 0 Å². The van der Waals surface area contributed by atoms with Crippen molar-refractivity contribution in [2.24, 2.45) is 14.1 Å². The number of ether oxygens (including phenoxy) is 8. The van der Waals surface area contributed by atoms with E-state index in [4.69, 9.17) is 47.8 Å². The minimum absolute atomic E-state index is 0.0230. The molecule has 2 heterocycles. The average Bonchev–Trinajstić information content (AvgIpc) is 3.93. The van der Waals surface area contributed by atoms with Gasteiger partial charge in [0.1, 0.15) is 23.2 Å². The largest absolute Gasteiger partial charge is 0.490 e. The Balaban J connectivity index is 0.00000236. The number of aromatic nitrogens is 2. The first-order valence-corrected chi connectivity index (χ1v) is 25.4. The van der Waals surface area contributed by atoms with Gasteiger partial charge in [-0.1, -0.05) is 24.3 Å². The van der Waals surface area contributed by atoms with Gasteiger partial charge in [-0.25, -0.2) is 23.2 Å². The summed E-state index contributed by atoms with van der Waals surface area (Å²) in [6.07, 6.45) is -3.01. The van der Waals surface area contributed by atoms with E-state index < -0.39 is 76.2 Å². The molecule has 1 atom stereocenters. The van der Waals surface area contributed by atoms with Crippen LogP contribution in [0.15, 0.2) is 58.1 Å². The third-order valence-electron chi connectivity index (χ3n) is 11.4. The summed E-state index contributed by atoms with van der Waals surface area (Å²) in [7, 11) is 2.89. The molecular formula is C52H67F5N6O19. The zero-order valence-corrected chi connectivity index (χ0v) is 45.3. The number of benzene rings is 2. The van der Waals surface area contributed by atoms with Crippen molar-refractivity contribution in [1.29, 1.82) is 0 Å². The predicted octanol–water partition coefficient (Wildman–Crippen LogP) is 0.967. The molecule has 5 N–H and O–H groups in total. The molecule has 25 nitrogen and oxygen atoms in total. The normalized spacial score (nSPS) is 12.5. The Hall–Kier alpha value is -7.32. The first-order chi connectivity index (χ1) is 39.0. The van der Waals surface area contributed by atoms with Gasteiger partial charge < -0.3 is 68.6 Å². The van der Waals surface area contributed by atoms with Crippen LogP contribution in [0.4, 0.5) is 22.0 Å². The Bertz CT molecular complexity index is 2700. The summed E-state index contributed by atoms with van der Waals surface area (Å²) in [4.78, 5) is 107. The van der Waals surface area contributed by atoms with Crippen molar-refractivity contribution in [2.45, 2.75) is 44.9 Å². The number of alkyl halides is 3. The predicted molar refractivity (Wildman–Crippen MR) is 276 cm³/mol. The van der Waals surface area contributed by atoms with Gasteiger partial charge in [0.25, 0.3) is 23.3 Å². The number of hydrogen-bond acceptors (Lipinski definition) is 17. The Morgan fingerprint density at radius 2 is 1.02 bits per heavy atom. The second-order valence-electron chi connectivity index (χ2n) is 17.4. The second-order valence-corrected chi connectivity index (χ2v) is 17.4. The van der Waals surface area contributed by atoms with Crippen molar-refractivity contribution in [1.82, 2.24) is 30.0 Å². The molecule has 0 bridgehead atoms. The minimum Gasteiger partial charge on any atom is -0.480 e. The monoisotopic (exact) mass is 1170 g/mol. The molecule has 82 heavy (non-hydrogen) atoms. The molecule has 454 valence electrons. The van der Waals surface area contributed by atoms with Crippen molar-refractivity contribution >= 4 is 41.5 Å². The third kappa shape index (κ3) is 25.2. The van der Waals surface area contributed by atoms with Crippen LogP contribution in [-0.4, -0.2) is 197 Å². The third-order valence-corrected chi connectivity index (χ3v) is 11.4. The summed E-state index contributed by atoms with van der Waals surface area (Å²) in [5.74, 6) is -9.59. The van der Waals surface area contributed by atoms with Gasteiger partial charge in [0.05, 0.1) is 111 Å². The number of halogens is 5. The summed E-state index contributed by atoms with van der Waals surface area (Å²) < 4.78 is 108. The van der Waals surface area contributed by atoms with Crippen LogP contribution < -0.4 is 27.2 Å². The second kappa shape index (κ2) is 36.9. The number of imide groups is 1. The Labute approximate surface area is 466 Å². The van der Waals surface area contributed by atoms with Crippen LogP contribution in [0.5, 0.6) is 0 Å². The highest BCUT2D eigenvalue weighted by atomic mass is 19.4. The number of amides is 5. The number of rotatable bonds is 38. The van der Waals surface area contributed by atoms with Gasteiger partial charge in [-0.2, -0.15) is 13.2 Å². The van der Waals surface area contributed by atoms with E-state index in [1.54, 1.807) is 31.2 Å². The molecule has 30 heteroatoms. The first kappa shape index (κ1) is 69.0. The van der Waals surface area contributed by atoms with Gasteiger partial charge in [-0.15, -0.1) is 0 Å². The van der Waals surface area contributed by atoms with Gasteiger partial charge in [0.15, 0.2) is 0 Å². The van der Waals surface area contributed by atoms with Gasteiger partial charge in [-0.05, 0) is 35.7 Å². The van der Waals surface area contributed by atoms with Crippen LogP contribution in [0.25, 0.3) is 11.1 Å². The molecule has 4 rings (SSSR count). The Kier molecular flexibility index (Phi) is 31.0. The number of hydrogen-bond donors (Lipinski definition) is 5.